The van der Waals surface area contributed by atoms with Crippen LogP contribution in [-0.2, 0) is 6.42 Å². The van der Waals surface area contributed by atoms with Crippen molar-refractivity contribution < 1.29 is 0 Å². The molecule has 4 heteroatoms. The van der Waals surface area contributed by atoms with Gasteiger partial charge in [0.05, 0.1) is 0 Å². The number of anilines is 1. The molecule has 94 valence electrons. The molecule has 0 saturated carbocycles. The average Bonchev–Trinajstić information content (AvgIpc) is 2.30. The van der Waals surface area contributed by atoms with Gasteiger partial charge in [-0.25, -0.2) is 4.98 Å². The number of hydrogen-bond acceptors (Lipinski definition) is 4. The highest BCUT2D eigenvalue weighted by molar-refractivity contribution is 7.99. The standard InChI is InChI=1S/C13H21N3S/c1-10(14)8-12-4-3-5-15-13(12)16-6-7-17-9-11(16)2/h3-5,10-11H,6-9,14H2,1-2H3. The van der Waals surface area contributed by atoms with E-state index in [4.69, 9.17) is 5.73 Å². The van der Waals surface area contributed by atoms with Gasteiger partial charge in [-0.2, -0.15) is 11.8 Å². The molecule has 1 aromatic heterocycles. The van der Waals surface area contributed by atoms with Crippen LogP contribution in [0.15, 0.2) is 18.3 Å². The van der Waals surface area contributed by atoms with Crippen LogP contribution in [0.1, 0.15) is 19.4 Å². The van der Waals surface area contributed by atoms with Gasteiger partial charge < -0.3 is 10.6 Å². The monoisotopic (exact) mass is 251 g/mol. The van der Waals surface area contributed by atoms with Crippen molar-refractivity contribution in [2.75, 3.05) is 23.0 Å². The summed E-state index contributed by atoms with van der Waals surface area (Å²) in [4.78, 5) is 6.99. The molecule has 1 aromatic rings. The summed E-state index contributed by atoms with van der Waals surface area (Å²) in [6.07, 6.45) is 2.79. The third-order valence-corrected chi connectivity index (χ3v) is 4.24. The van der Waals surface area contributed by atoms with Crippen LogP contribution in [0.5, 0.6) is 0 Å². The van der Waals surface area contributed by atoms with Gasteiger partial charge in [0.25, 0.3) is 0 Å². The second kappa shape index (κ2) is 5.74. The minimum atomic E-state index is 0.187. The van der Waals surface area contributed by atoms with Crippen molar-refractivity contribution in [2.45, 2.75) is 32.4 Å². The lowest BCUT2D eigenvalue weighted by molar-refractivity contribution is 0.673. The van der Waals surface area contributed by atoms with E-state index in [0.29, 0.717) is 6.04 Å². The van der Waals surface area contributed by atoms with Gasteiger partial charge >= 0.3 is 0 Å². The molecule has 17 heavy (non-hydrogen) atoms. The average molecular weight is 251 g/mol. The molecular weight excluding hydrogens is 230 g/mol. The highest BCUT2D eigenvalue weighted by atomic mass is 32.2. The Bertz CT molecular complexity index is 367. The number of rotatable bonds is 3. The summed E-state index contributed by atoms with van der Waals surface area (Å²) in [5.41, 5.74) is 7.19. The van der Waals surface area contributed by atoms with Crippen LogP contribution in [0.25, 0.3) is 0 Å². The summed E-state index contributed by atoms with van der Waals surface area (Å²) in [7, 11) is 0. The first-order valence-electron chi connectivity index (χ1n) is 6.22. The molecule has 0 spiro atoms. The first-order chi connectivity index (χ1) is 8.18. The topological polar surface area (TPSA) is 42.1 Å². The molecule has 0 aliphatic carbocycles. The smallest absolute Gasteiger partial charge is 0.132 e. The quantitative estimate of drug-likeness (QED) is 0.891. The zero-order valence-electron chi connectivity index (χ0n) is 10.6. The molecule has 0 amide bonds. The van der Waals surface area contributed by atoms with E-state index in [2.05, 4.69) is 22.9 Å². The Kier molecular flexibility index (Phi) is 4.29. The zero-order chi connectivity index (χ0) is 12.3. The zero-order valence-corrected chi connectivity index (χ0v) is 11.4. The summed E-state index contributed by atoms with van der Waals surface area (Å²) in [6.45, 7) is 5.41. The SMILES string of the molecule is CC(N)Cc1cccnc1N1CCSCC1C. The lowest BCUT2D eigenvalue weighted by Gasteiger charge is -2.35. The van der Waals surface area contributed by atoms with Gasteiger partial charge in [0.1, 0.15) is 5.82 Å². The predicted molar refractivity (Wildman–Crippen MR) is 75.7 cm³/mol. The maximum atomic E-state index is 5.91. The van der Waals surface area contributed by atoms with E-state index in [1.165, 1.54) is 17.1 Å². The van der Waals surface area contributed by atoms with Gasteiger partial charge in [0.15, 0.2) is 0 Å². The van der Waals surface area contributed by atoms with E-state index in [1.807, 2.05) is 30.9 Å². The van der Waals surface area contributed by atoms with Gasteiger partial charge in [-0.15, -0.1) is 0 Å². The predicted octanol–water partition coefficient (Wildman–Crippen LogP) is 1.91. The van der Waals surface area contributed by atoms with Crippen molar-refractivity contribution in [3.63, 3.8) is 0 Å². The maximum absolute atomic E-state index is 5.91. The Labute approximate surface area is 108 Å². The van der Waals surface area contributed by atoms with Crippen molar-refractivity contribution in [3.8, 4) is 0 Å². The summed E-state index contributed by atoms with van der Waals surface area (Å²) < 4.78 is 0. The van der Waals surface area contributed by atoms with Crippen LogP contribution in [-0.4, -0.2) is 35.1 Å². The second-order valence-electron chi connectivity index (χ2n) is 4.78. The van der Waals surface area contributed by atoms with Crippen molar-refractivity contribution in [1.82, 2.24) is 4.98 Å². The highest BCUT2D eigenvalue weighted by Crippen LogP contribution is 2.25. The third kappa shape index (κ3) is 3.13. The van der Waals surface area contributed by atoms with Crippen LogP contribution in [0.2, 0.25) is 0 Å². The normalized spacial score (nSPS) is 22.5. The molecule has 0 aromatic carbocycles. The van der Waals surface area contributed by atoms with E-state index in [1.54, 1.807) is 0 Å². The molecule has 3 nitrogen and oxygen atoms in total. The van der Waals surface area contributed by atoms with Gasteiger partial charge in [0.2, 0.25) is 0 Å². The molecule has 1 fully saturated rings. The van der Waals surface area contributed by atoms with Crippen LogP contribution in [0, 0.1) is 0 Å². The summed E-state index contributed by atoms with van der Waals surface area (Å²) in [6, 6.07) is 4.91. The molecule has 0 radical (unpaired) electrons. The molecule has 1 aliphatic rings. The molecule has 2 atom stereocenters. The Hall–Kier alpha value is -0.740. The fourth-order valence-electron chi connectivity index (χ4n) is 2.24. The fraction of sp³-hybridized carbons (Fsp3) is 0.615. The molecule has 0 bridgehead atoms. The largest absolute Gasteiger partial charge is 0.352 e. The minimum Gasteiger partial charge on any atom is -0.352 e. The van der Waals surface area contributed by atoms with Gasteiger partial charge in [-0.3, -0.25) is 0 Å². The van der Waals surface area contributed by atoms with Crippen molar-refractivity contribution in [3.05, 3.63) is 23.9 Å². The highest BCUT2D eigenvalue weighted by Gasteiger charge is 2.22. The first-order valence-corrected chi connectivity index (χ1v) is 7.38. The van der Waals surface area contributed by atoms with Crippen molar-refractivity contribution >= 4 is 17.6 Å². The Morgan fingerprint density at radius 1 is 1.65 bits per heavy atom. The number of thioether (sulfide) groups is 1. The molecule has 2 unspecified atom stereocenters. The molecular formula is C13H21N3S. The van der Waals surface area contributed by atoms with Gasteiger partial charge in [0, 0.05) is 36.3 Å². The van der Waals surface area contributed by atoms with Crippen LogP contribution >= 0.6 is 11.8 Å². The van der Waals surface area contributed by atoms with Crippen LogP contribution < -0.4 is 10.6 Å². The fourth-order valence-corrected chi connectivity index (χ4v) is 3.25. The number of aromatic nitrogens is 1. The Morgan fingerprint density at radius 2 is 2.47 bits per heavy atom. The summed E-state index contributed by atoms with van der Waals surface area (Å²) in [5, 5.41) is 0. The lowest BCUT2D eigenvalue weighted by atomic mass is 10.1. The number of hydrogen-bond donors (Lipinski definition) is 1. The minimum absolute atomic E-state index is 0.187. The van der Waals surface area contributed by atoms with E-state index in [9.17, 15) is 0 Å². The molecule has 2 heterocycles. The lowest BCUT2D eigenvalue weighted by Crippen LogP contribution is -2.41. The molecule has 2 N–H and O–H groups in total. The second-order valence-corrected chi connectivity index (χ2v) is 5.93. The van der Waals surface area contributed by atoms with Gasteiger partial charge in [-0.1, -0.05) is 6.07 Å². The van der Waals surface area contributed by atoms with Gasteiger partial charge in [-0.05, 0) is 31.9 Å². The van der Waals surface area contributed by atoms with E-state index in [-0.39, 0.29) is 6.04 Å². The summed E-state index contributed by atoms with van der Waals surface area (Å²) in [5.74, 6) is 3.52. The summed E-state index contributed by atoms with van der Waals surface area (Å²) >= 11 is 2.03. The van der Waals surface area contributed by atoms with E-state index >= 15 is 0 Å². The van der Waals surface area contributed by atoms with Crippen molar-refractivity contribution in [2.24, 2.45) is 5.73 Å². The number of nitrogens with zero attached hydrogens (tertiary/aromatic N) is 2. The molecule has 2 rings (SSSR count). The maximum Gasteiger partial charge on any atom is 0.132 e. The Balaban J connectivity index is 2.23. The van der Waals surface area contributed by atoms with E-state index < -0.39 is 0 Å². The molecule has 1 saturated heterocycles. The van der Waals surface area contributed by atoms with E-state index in [0.717, 1.165) is 18.8 Å². The van der Waals surface area contributed by atoms with Crippen LogP contribution in [0.3, 0.4) is 0 Å². The van der Waals surface area contributed by atoms with Crippen LogP contribution in [0.4, 0.5) is 5.82 Å². The Morgan fingerprint density at radius 3 is 3.18 bits per heavy atom. The number of nitrogens with two attached hydrogens (primary N) is 1. The third-order valence-electron chi connectivity index (χ3n) is 3.05. The molecule has 1 aliphatic heterocycles. The first kappa shape index (κ1) is 12.7. The number of pyridine rings is 1. The van der Waals surface area contributed by atoms with Crippen molar-refractivity contribution in [1.29, 1.82) is 0 Å².